The number of aryl methyl sites for hydroxylation is 1. The highest BCUT2D eigenvalue weighted by atomic mass is 16.5. The summed E-state index contributed by atoms with van der Waals surface area (Å²) in [5, 5.41) is 10.8. The number of hydrogen-bond acceptors (Lipinski definition) is 5. The lowest BCUT2D eigenvalue weighted by Crippen LogP contribution is -2.08. The Morgan fingerprint density at radius 3 is 2.65 bits per heavy atom. The Bertz CT molecular complexity index is 745. The van der Waals surface area contributed by atoms with Gasteiger partial charge in [0.2, 0.25) is 0 Å². The molecule has 0 aliphatic carbocycles. The SMILES string of the molecule is CCCCCCc1cc2c(CC(=O)OC)cc(=O)oc2cc1O. The molecule has 1 N–H and O–H groups in total. The fraction of sp³-hybridized carbons (Fsp3) is 0.444. The molecule has 23 heavy (non-hydrogen) atoms. The van der Waals surface area contributed by atoms with Crippen molar-refractivity contribution in [1.82, 2.24) is 0 Å². The first-order valence-corrected chi connectivity index (χ1v) is 7.90. The number of ether oxygens (including phenoxy) is 1. The van der Waals surface area contributed by atoms with Gasteiger partial charge in [-0.1, -0.05) is 26.2 Å². The highest BCUT2D eigenvalue weighted by molar-refractivity contribution is 5.86. The molecule has 0 aliphatic rings. The van der Waals surface area contributed by atoms with E-state index in [2.05, 4.69) is 11.7 Å². The van der Waals surface area contributed by atoms with Crippen LogP contribution < -0.4 is 5.63 Å². The van der Waals surface area contributed by atoms with Crippen molar-refractivity contribution >= 4 is 16.9 Å². The molecule has 2 rings (SSSR count). The highest BCUT2D eigenvalue weighted by Gasteiger charge is 2.13. The van der Waals surface area contributed by atoms with Gasteiger partial charge in [0.15, 0.2) is 0 Å². The van der Waals surface area contributed by atoms with Crippen LogP contribution in [0.3, 0.4) is 0 Å². The fourth-order valence-electron chi connectivity index (χ4n) is 2.62. The monoisotopic (exact) mass is 318 g/mol. The van der Waals surface area contributed by atoms with E-state index in [0.717, 1.165) is 37.7 Å². The van der Waals surface area contributed by atoms with Crippen molar-refractivity contribution in [3.05, 3.63) is 39.7 Å². The molecule has 1 heterocycles. The maximum absolute atomic E-state index is 11.6. The Hall–Kier alpha value is -2.30. The van der Waals surface area contributed by atoms with Gasteiger partial charge in [-0.3, -0.25) is 4.79 Å². The first-order valence-electron chi connectivity index (χ1n) is 7.90. The van der Waals surface area contributed by atoms with Gasteiger partial charge in [-0.15, -0.1) is 0 Å². The molecule has 2 aromatic rings. The van der Waals surface area contributed by atoms with Crippen molar-refractivity contribution in [2.24, 2.45) is 0 Å². The van der Waals surface area contributed by atoms with Crippen LogP contribution in [0, 0.1) is 0 Å². The van der Waals surface area contributed by atoms with Crippen molar-refractivity contribution in [3.63, 3.8) is 0 Å². The molecule has 0 saturated carbocycles. The van der Waals surface area contributed by atoms with Crippen LogP contribution in [0.25, 0.3) is 11.0 Å². The molecule has 0 spiro atoms. The van der Waals surface area contributed by atoms with Gasteiger partial charge >= 0.3 is 11.6 Å². The molecule has 0 saturated heterocycles. The summed E-state index contributed by atoms with van der Waals surface area (Å²) in [7, 11) is 1.31. The second kappa shape index (κ2) is 7.81. The molecule has 0 atom stereocenters. The van der Waals surface area contributed by atoms with E-state index < -0.39 is 11.6 Å². The van der Waals surface area contributed by atoms with Crippen molar-refractivity contribution in [2.75, 3.05) is 7.11 Å². The second-order valence-corrected chi connectivity index (χ2v) is 5.63. The molecule has 5 nitrogen and oxygen atoms in total. The van der Waals surface area contributed by atoms with Crippen LogP contribution in [-0.2, 0) is 22.4 Å². The molecule has 124 valence electrons. The molecular weight excluding hydrogens is 296 g/mol. The quantitative estimate of drug-likeness (QED) is 0.481. The zero-order chi connectivity index (χ0) is 16.8. The number of phenols is 1. The van der Waals surface area contributed by atoms with E-state index in [9.17, 15) is 14.7 Å². The van der Waals surface area contributed by atoms with Crippen molar-refractivity contribution in [1.29, 1.82) is 0 Å². The molecule has 1 aromatic heterocycles. The lowest BCUT2D eigenvalue weighted by atomic mass is 10.00. The minimum absolute atomic E-state index is 0.00134. The number of hydrogen-bond donors (Lipinski definition) is 1. The van der Waals surface area contributed by atoms with Gasteiger partial charge in [-0.2, -0.15) is 0 Å². The van der Waals surface area contributed by atoms with Gasteiger partial charge in [-0.05, 0) is 30.0 Å². The van der Waals surface area contributed by atoms with E-state index in [1.54, 1.807) is 6.07 Å². The number of fused-ring (bicyclic) bond motifs is 1. The molecule has 0 amide bonds. The van der Waals surface area contributed by atoms with Gasteiger partial charge in [0.05, 0.1) is 13.5 Å². The molecule has 0 unspecified atom stereocenters. The van der Waals surface area contributed by atoms with Crippen LogP contribution in [0.5, 0.6) is 5.75 Å². The zero-order valence-corrected chi connectivity index (χ0v) is 13.6. The number of unbranched alkanes of at least 4 members (excludes halogenated alkanes) is 3. The minimum atomic E-state index is -0.550. The predicted molar refractivity (Wildman–Crippen MR) is 87.7 cm³/mol. The van der Waals surface area contributed by atoms with Crippen molar-refractivity contribution < 1.29 is 19.1 Å². The average Bonchev–Trinajstić information content (AvgIpc) is 2.51. The summed E-state index contributed by atoms with van der Waals surface area (Å²) >= 11 is 0. The van der Waals surface area contributed by atoms with E-state index >= 15 is 0 Å². The second-order valence-electron chi connectivity index (χ2n) is 5.63. The number of benzene rings is 1. The van der Waals surface area contributed by atoms with Crippen LogP contribution in [-0.4, -0.2) is 18.2 Å². The standard InChI is InChI=1S/C18H22O5/c1-3-4-5-6-7-12-8-14-13(9-17(20)22-2)10-18(21)23-16(14)11-15(12)19/h8,10-11,19H,3-7,9H2,1-2H3. The summed E-state index contributed by atoms with van der Waals surface area (Å²) in [5.41, 5.74) is 1.09. The van der Waals surface area contributed by atoms with E-state index in [1.807, 2.05) is 0 Å². The van der Waals surface area contributed by atoms with Gasteiger partial charge in [0, 0.05) is 17.5 Å². The molecule has 0 bridgehead atoms. The van der Waals surface area contributed by atoms with E-state index in [0.29, 0.717) is 10.9 Å². The van der Waals surface area contributed by atoms with E-state index in [1.165, 1.54) is 19.2 Å². The molecule has 0 fully saturated rings. The molecule has 1 aromatic carbocycles. The number of esters is 1. The first-order chi connectivity index (χ1) is 11.0. The number of rotatable bonds is 7. The third-order valence-corrected chi connectivity index (χ3v) is 3.89. The Labute approximate surface area is 134 Å². The Morgan fingerprint density at radius 1 is 1.17 bits per heavy atom. The zero-order valence-electron chi connectivity index (χ0n) is 13.6. The molecule has 5 heteroatoms. The first kappa shape index (κ1) is 17.1. The third-order valence-electron chi connectivity index (χ3n) is 3.89. The lowest BCUT2D eigenvalue weighted by molar-refractivity contribution is -0.139. The lowest BCUT2D eigenvalue weighted by Gasteiger charge is -2.09. The maximum atomic E-state index is 11.6. The van der Waals surface area contributed by atoms with E-state index in [-0.39, 0.29) is 17.8 Å². The summed E-state index contributed by atoms with van der Waals surface area (Å²) in [4.78, 5) is 23.1. The summed E-state index contributed by atoms with van der Waals surface area (Å²) in [5.74, 6) is -0.304. The third kappa shape index (κ3) is 4.34. The van der Waals surface area contributed by atoms with Gasteiger partial charge < -0.3 is 14.3 Å². The fourth-order valence-corrected chi connectivity index (χ4v) is 2.62. The van der Waals surface area contributed by atoms with Gasteiger partial charge in [-0.25, -0.2) is 4.79 Å². The van der Waals surface area contributed by atoms with Gasteiger partial charge in [0.1, 0.15) is 11.3 Å². The molecular formula is C18H22O5. The summed E-state index contributed by atoms with van der Waals surface area (Å²) in [6.07, 6.45) is 5.15. The molecule has 0 aliphatic heterocycles. The van der Waals surface area contributed by atoms with Crippen LogP contribution in [0.4, 0.5) is 0 Å². The number of phenolic OH excluding ortho intramolecular Hbond substituents is 1. The normalized spacial score (nSPS) is 10.9. The summed E-state index contributed by atoms with van der Waals surface area (Å²) in [6.45, 7) is 2.15. The van der Waals surface area contributed by atoms with E-state index in [4.69, 9.17) is 4.42 Å². The predicted octanol–water partition coefficient (Wildman–Crippen LogP) is 3.34. The largest absolute Gasteiger partial charge is 0.508 e. The van der Waals surface area contributed by atoms with Crippen LogP contribution in [0.1, 0.15) is 43.7 Å². The minimum Gasteiger partial charge on any atom is -0.508 e. The van der Waals surface area contributed by atoms with Crippen LogP contribution >= 0.6 is 0 Å². The van der Waals surface area contributed by atoms with Gasteiger partial charge in [0.25, 0.3) is 0 Å². The van der Waals surface area contributed by atoms with Crippen LogP contribution in [0.2, 0.25) is 0 Å². The number of carbonyl (C=O) groups is 1. The van der Waals surface area contributed by atoms with Crippen molar-refractivity contribution in [3.8, 4) is 5.75 Å². The Balaban J connectivity index is 2.38. The maximum Gasteiger partial charge on any atom is 0.336 e. The average molecular weight is 318 g/mol. The topological polar surface area (TPSA) is 76.7 Å². The summed E-state index contributed by atoms with van der Waals surface area (Å²) < 4.78 is 9.80. The van der Waals surface area contributed by atoms with Crippen molar-refractivity contribution in [2.45, 2.75) is 45.4 Å². The number of carbonyl (C=O) groups excluding carboxylic acids is 1. The Morgan fingerprint density at radius 2 is 1.96 bits per heavy atom. The Kier molecular flexibility index (Phi) is 5.79. The van der Waals surface area contributed by atoms with Crippen LogP contribution in [0.15, 0.2) is 27.4 Å². The number of methoxy groups -OCH3 is 1. The summed E-state index contributed by atoms with van der Waals surface area (Å²) in [6, 6.07) is 4.56. The number of aromatic hydroxyl groups is 1. The smallest absolute Gasteiger partial charge is 0.336 e. The highest BCUT2D eigenvalue weighted by Crippen LogP contribution is 2.28. The molecule has 0 radical (unpaired) electrons.